The predicted molar refractivity (Wildman–Crippen MR) is 170 cm³/mol. The van der Waals surface area contributed by atoms with Gasteiger partial charge in [0.1, 0.15) is 11.6 Å². The summed E-state index contributed by atoms with van der Waals surface area (Å²) >= 11 is 0. The van der Waals surface area contributed by atoms with E-state index in [1.54, 1.807) is 54.5 Å². The summed E-state index contributed by atoms with van der Waals surface area (Å²) in [6.07, 6.45) is 2.53. The maximum atomic E-state index is 13.8. The molecule has 1 atom stereocenters. The zero-order valence-electron chi connectivity index (χ0n) is 26.4. The molecule has 1 heterocycles. The van der Waals surface area contributed by atoms with Crippen molar-refractivity contribution in [2.45, 2.75) is 39.2 Å². The molecule has 0 aromatic heterocycles. The number of aliphatic carboxylic acids is 2. The number of carboxylic acid groups (broad SMARTS) is 2. The SMILES string of the molecule is COc1cc(C(C)=O)ccc1OCCCN1CCC(C(c2ccc(F)cc2)N(C(C)=O)c2ccc(F)cc2)CC1.O.O=C(O)C(=O)O. The molecule has 1 aliphatic rings. The van der Waals surface area contributed by atoms with Crippen LogP contribution in [-0.2, 0) is 14.4 Å². The Morgan fingerprint density at radius 3 is 1.91 bits per heavy atom. The van der Waals surface area contributed by atoms with Gasteiger partial charge in [-0.15, -0.1) is 0 Å². The highest BCUT2D eigenvalue weighted by Gasteiger charge is 2.34. The average molecular weight is 659 g/mol. The number of Topliss-reactive ketones (excluding diaryl/α,β-unsaturated/α-hetero) is 1. The van der Waals surface area contributed by atoms with Crippen LogP contribution in [0.2, 0.25) is 0 Å². The summed E-state index contributed by atoms with van der Waals surface area (Å²) in [7, 11) is 1.55. The number of halogens is 2. The Hall–Kier alpha value is -4.88. The van der Waals surface area contributed by atoms with Crippen LogP contribution < -0.4 is 14.4 Å². The van der Waals surface area contributed by atoms with Gasteiger partial charge in [-0.25, -0.2) is 18.4 Å². The van der Waals surface area contributed by atoms with E-state index in [1.165, 1.54) is 38.1 Å². The highest BCUT2D eigenvalue weighted by molar-refractivity contribution is 6.27. The molecule has 1 aliphatic heterocycles. The molecule has 0 bridgehead atoms. The van der Waals surface area contributed by atoms with E-state index < -0.39 is 11.9 Å². The fraction of sp³-hybridized carbons (Fsp3) is 0.353. The van der Waals surface area contributed by atoms with E-state index in [9.17, 15) is 18.4 Å². The highest BCUT2D eigenvalue weighted by atomic mass is 19.1. The van der Waals surface area contributed by atoms with Crippen molar-refractivity contribution in [3.05, 3.63) is 89.5 Å². The number of rotatable bonds is 11. The second-order valence-corrected chi connectivity index (χ2v) is 10.8. The molecule has 254 valence electrons. The fourth-order valence-electron chi connectivity index (χ4n) is 5.40. The van der Waals surface area contributed by atoms with Crippen LogP contribution in [0.15, 0.2) is 66.7 Å². The number of carboxylic acids is 2. The predicted octanol–water partition coefficient (Wildman–Crippen LogP) is 4.78. The van der Waals surface area contributed by atoms with Crippen LogP contribution in [0.5, 0.6) is 11.5 Å². The van der Waals surface area contributed by atoms with E-state index in [0.29, 0.717) is 29.4 Å². The lowest BCUT2D eigenvalue weighted by Gasteiger charge is -2.41. The van der Waals surface area contributed by atoms with E-state index in [1.807, 2.05) is 0 Å². The van der Waals surface area contributed by atoms with Crippen molar-refractivity contribution in [3.8, 4) is 11.5 Å². The van der Waals surface area contributed by atoms with Crippen LogP contribution in [-0.4, -0.2) is 77.6 Å². The molecule has 11 nitrogen and oxygen atoms in total. The number of hydrogen-bond donors (Lipinski definition) is 2. The first-order valence-corrected chi connectivity index (χ1v) is 14.7. The third kappa shape index (κ3) is 11.2. The summed E-state index contributed by atoms with van der Waals surface area (Å²) < 4.78 is 38.7. The molecular formula is C34H40F2N2O9. The maximum Gasteiger partial charge on any atom is 0.414 e. The Bertz CT molecular complexity index is 1480. The number of piperidine rings is 1. The molecule has 47 heavy (non-hydrogen) atoms. The maximum absolute atomic E-state index is 13.8. The molecule has 0 aliphatic carbocycles. The fourth-order valence-corrected chi connectivity index (χ4v) is 5.40. The number of carbonyl (C=O) groups excluding carboxylic acids is 2. The zero-order valence-corrected chi connectivity index (χ0v) is 26.4. The summed E-state index contributed by atoms with van der Waals surface area (Å²) in [4.78, 5) is 46.8. The zero-order chi connectivity index (χ0) is 33.8. The molecule has 1 fully saturated rings. The van der Waals surface area contributed by atoms with E-state index in [0.717, 1.165) is 44.5 Å². The number of anilines is 1. The number of ether oxygens (including phenoxy) is 2. The van der Waals surface area contributed by atoms with Crippen LogP contribution in [0.25, 0.3) is 0 Å². The van der Waals surface area contributed by atoms with Gasteiger partial charge in [-0.3, -0.25) is 9.59 Å². The van der Waals surface area contributed by atoms with E-state index >= 15 is 0 Å². The lowest BCUT2D eigenvalue weighted by atomic mass is 9.83. The van der Waals surface area contributed by atoms with Crippen molar-refractivity contribution >= 4 is 29.3 Å². The van der Waals surface area contributed by atoms with Crippen molar-refractivity contribution in [3.63, 3.8) is 0 Å². The second-order valence-electron chi connectivity index (χ2n) is 10.8. The molecule has 1 amide bonds. The van der Waals surface area contributed by atoms with Crippen LogP contribution in [0.4, 0.5) is 14.5 Å². The first kappa shape index (κ1) is 38.3. The molecule has 0 saturated carbocycles. The Morgan fingerprint density at radius 1 is 0.872 bits per heavy atom. The minimum Gasteiger partial charge on any atom is -0.493 e. The number of methoxy groups -OCH3 is 1. The van der Waals surface area contributed by atoms with Gasteiger partial charge in [-0.2, -0.15) is 0 Å². The van der Waals surface area contributed by atoms with Gasteiger partial charge in [-0.05, 0) is 105 Å². The largest absolute Gasteiger partial charge is 0.493 e. The smallest absolute Gasteiger partial charge is 0.414 e. The summed E-state index contributed by atoms with van der Waals surface area (Å²) in [6.45, 7) is 6.10. The number of amides is 1. The van der Waals surface area contributed by atoms with Gasteiger partial charge in [0.2, 0.25) is 5.91 Å². The van der Waals surface area contributed by atoms with Gasteiger partial charge >= 0.3 is 11.9 Å². The van der Waals surface area contributed by atoms with Gasteiger partial charge in [0, 0.05) is 24.7 Å². The molecule has 4 N–H and O–H groups in total. The minimum atomic E-state index is -1.82. The van der Waals surface area contributed by atoms with Crippen LogP contribution >= 0.6 is 0 Å². The normalized spacial score (nSPS) is 13.6. The molecule has 13 heteroatoms. The highest BCUT2D eigenvalue weighted by Crippen LogP contribution is 2.39. The number of ketones is 1. The first-order valence-electron chi connectivity index (χ1n) is 14.7. The monoisotopic (exact) mass is 658 g/mol. The van der Waals surface area contributed by atoms with Gasteiger partial charge in [0.15, 0.2) is 17.3 Å². The standard InChI is InChI=1S/C32H36F2N2O4.C2H2O4.H2O/c1-22(37)26-7-14-30(31(21-26)39-3)40-20-4-17-35-18-15-25(16-19-35)32(24-5-8-27(33)9-6-24)36(23(2)38)29-12-10-28(34)11-13-29;3-1(4)2(5)6;/h5-14,21,25,32H,4,15-20H2,1-3H3;(H,3,4)(H,5,6);1H2. The molecule has 1 saturated heterocycles. The first-order chi connectivity index (χ1) is 21.9. The topological polar surface area (TPSA) is 165 Å². The van der Waals surface area contributed by atoms with Crippen LogP contribution in [0, 0.1) is 17.6 Å². The Labute approximate surface area is 271 Å². The van der Waals surface area contributed by atoms with Crippen LogP contribution in [0.3, 0.4) is 0 Å². The lowest BCUT2D eigenvalue weighted by molar-refractivity contribution is -0.159. The Balaban J connectivity index is 0.00000100. The van der Waals surface area contributed by atoms with E-state index in [4.69, 9.17) is 29.3 Å². The van der Waals surface area contributed by atoms with Gasteiger partial charge in [-0.1, -0.05) is 12.1 Å². The van der Waals surface area contributed by atoms with Crippen molar-refractivity contribution < 1.29 is 53.1 Å². The molecule has 0 spiro atoms. The molecule has 1 unspecified atom stereocenters. The van der Waals surface area contributed by atoms with E-state index in [2.05, 4.69) is 4.90 Å². The third-order valence-electron chi connectivity index (χ3n) is 7.64. The molecule has 0 radical (unpaired) electrons. The molecule has 3 aromatic rings. The molecular weight excluding hydrogens is 618 g/mol. The van der Waals surface area contributed by atoms with Crippen molar-refractivity contribution in [1.29, 1.82) is 0 Å². The van der Waals surface area contributed by atoms with Crippen molar-refractivity contribution in [2.24, 2.45) is 5.92 Å². The lowest BCUT2D eigenvalue weighted by Crippen LogP contribution is -2.43. The summed E-state index contributed by atoms with van der Waals surface area (Å²) in [5, 5.41) is 14.8. The van der Waals surface area contributed by atoms with Gasteiger partial charge in [0.25, 0.3) is 0 Å². The van der Waals surface area contributed by atoms with Gasteiger partial charge < -0.3 is 35.0 Å². The quantitative estimate of drug-likeness (QED) is 0.168. The van der Waals surface area contributed by atoms with Crippen LogP contribution in [0.1, 0.15) is 55.1 Å². The minimum absolute atomic E-state index is 0. The average Bonchev–Trinajstić information content (AvgIpc) is 3.03. The number of likely N-dealkylation sites (tertiary alicyclic amines) is 1. The Kier molecular flexibility index (Phi) is 14.9. The summed E-state index contributed by atoms with van der Waals surface area (Å²) in [6, 6.07) is 17.1. The van der Waals surface area contributed by atoms with E-state index in [-0.39, 0.29) is 40.8 Å². The van der Waals surface area contributed by atoms with Crippen molar-refractivity contribution in [1.82, 2.24) is 4.90 Å². The number of carbonyl (C=O) groups is 4. The third-order valence-corrected chi connectivity index (χ3v) is 7.64. The molecule has 4 rings (SSSR count). The number of benzene rings is 3. The number of hydrogen-bond acceptors (Lipinski definition) is 7. The second kappa shape index (κ2) is 18.3. The molecule has 3 aromatic carbocycles. The van der Waals surface area contributed by atoms with Crippen molar-refractivity contribution in [2.75, 3.05) is 38.3 Å². The summed E-state index contributed by atoms with van der Waals surface area (Å²) in [5.41, 5.74) is 2.06. The Morgan fingerprint density at radius 2 is 1.43 bits per heavy atom. The number of nitrogens with zero attached hydrogens (tertiary/aromatic N) is 2. The summed E-state index contributed by atoms with van der Waals surface area (Å²) in [5.74, 6) is -3.22. The van der Waals surface area contributed by atoms with Gasteiger partial charge in [0.05, 0.1) is 19.8 Å².